The van der Waals surface area contributed by atoms with Gasteiger partial charge in [-0.15, -0.1) is 11.8 Å². The summed E-state index contributed by atoms with van der Waals surface area (Å²) < 4.78 is 0. The fourth-order valence-corrected chi connectivity index (χ4v) is 3.58. The van der Waals surface area contributed by atoms with Crippen molar-refractivity contribution in [1.82, 2.24) is 5.32 Å². The lowest BCUT2D eigenvalue weighted by atomic mass is 10.0. The van der Waals surface area contributed by atoms with E-state index in [1.54, 1.807) is 0 Å². The third-order valence-electron chi connectivity index (χ3n) is 3.75. The Morgan fingerprint density at radius 1 is 0.952 bits per heavy atom. The number of likely N-dealkylation sites (N-methyl/N-ethyl adjacent to an activating group) is 1. The first-order valence-corrected chi connectivity index (χ1v) is 8.65. The van der Waals surface area contributed by atoms with Crippen molar-refractivity contribution in [2.75, 3.05) is 12.3 Å². The molecule has 0 aliphatic rings. The number of rotatable bonds is 7. The fraction of sp³-hybridized carbons (Fsp3) is 0.368. The van der Waals surface area contributed by atoms with Crippen molar-refractivity contribution >= 4 is 11.8 Å². The number of thioether (sulfide) groups is 1. The van der Waals surface area contributed by atoms with Crippen LogP contribution in [0.1, 0.15) is 23.6 Å². The predicted octanol–water partition coefficient (Wildman–Crippen LogP) is 4.62. The molecule has 0 amide bonds. The third kappa shape index (κ3) is 4.90. The molecule has 1 N–H and O–H groups in total. The van der Waals surface area contributed by atoms with Gasteiger partial charge in [-0.05, 0) is 49.6 Å². The smallest absolute Gasteiger partial charge is 0.0202 e. The first-order chi connectivity index (χ1) is 10.2. The highest BCUT2D eigenvalue weighted by molar-refractivity contribution is 7.99. The van der Waals surface area contributed by atoms with Gasteiger partial charge in [0.25, 0.3) is 0 Å². The maximum absolute atomic E-state index is 3.63. The molecule has 112 valence electrons. The lowest BCUT2D eigenvalue weighted by Crippen LogP contribution is -2.33. The van der Waals surface area contributed by atoms with Crippen LogP contribution in [0.3, 0.4) is 0 Å². The number of benzene rings is 2. The normalized spacial score (nSPS) is 12.3. The van der Waals surface area contributed by atoms with Crippen LogP contribution in [0.25, 0.3) is 0 Å². The van der Waals surface area contributed by atoms with Crippen LogP contribution in [-0.2, 0) is 6.42 Å². The molecule has 0 aromatic heterocycles. The zero-order chi connectivity index (χ0) is 15.1. The summed E-state index contributed by atoms with van der Waals surface area (Å²) in [7, 11) is 0. The van der Waals surface area contributed by atoms with Crippen LogP contribution in [-0.4, -0.2) is 18.3 Å². The number of hydrogen-bond acceptors (Lipinski definition) is 2. The zero-order valence-corrected chi connectivity index (χ0v) is 14.0. The molecule has 2 rings (SSSR count). The second-order valence-corrected chi connectivity index (χ2v) is 6.52. The maximum Gasteiger partial charge on any atom is 0.0202 e. The molecule has 1 unspecified atom stereocenters. The monoisotopic (exact) mass is 299 g/mol. The van der Waals surface area contributed by atoms with E-state index in [4.69, 9.17) is 0 Å². The number of nitrogens with one attached hydrogen (secondary N) is 1. The Labute approximate surface area is 133 Å². The minimum atomic E-state index is 0.515. The molecule has 0 spiro atoms. The summed E-state index contributed by atoms with van der Waals surface area (Å²) in [6.07, 6.45) is 1.10. The molecule has 2 aromatic rings. The van der Waals surface area contributed by atoms with Crippen LogP contribution in [0.2, 0.25) is 0 Å². The summed E-state index contributed by atoms with van der Waals surface area (Å²) in [6.45, 7) is 7.59. The Kier molecular flexibility index (Phi) is 6.34. The highest BCUT2D eigenvalue weighted by Crippen LogP contribution is 2.23. The lowest BCUT2D eigenvalue weighted by molar-refractivity contribution is 0.571. The van der Waals surface area contributed by atoms with Crippen molar-refractivity contribution in [3.63, 3.8) is 0 Å². The van der Waals surface area contributed by atoms with Crippen LogP contribution in [0.15, 0.2) is 53.4 Å². The summed E-state index contributed by atoms with van der Waals surface area (Å²) >= 11 is 1.96. The summed E-state index contributed by atoms with van der Waals surface area (Å²) in [5, 5.41) is 3.63. The highest BCUT2D eigenvalue weighted by Gasteiger charge is 2.11. The first kappa shape index (κ1) is 16.1. The average molecular weight is 299 g/mol. The lowest BCUT2D eigenvalue weighted by Gasteiger charge is -2.19. The Bertz CT molecular complexity index is 565. The maximum atomic E-state index is 3.63. The molecule has 21 heavy (non-hydrogen) atoms. The topological polar surface area (TPSA) is 12.0 Å². The van der Waals surface area contributed by atoms with Gasteiger partial charge < -0.3 is 5.32 Å². The Hall–Kier alpha value is -1.25. The van der Waals surface area contributed by atoms with Crippen molar-refractivity contribution in [3.8, 4) is 0 Å². The molecule has 1 nitrogen and oxygen atoms in total. The molecule has 0 aliphatic carbocycles. The molecule has 0 aliphatic heterocycles. The van der Waals surface area contributed by atoms with E-state index in [9.17, 15) is 0 Å². The van der Waals surface area contributed by atoms with Crippen molar-refractivity contribution in [2.24, 2.45) is 0 Å². The van der Waals surface area contributed by atoms with Gasteiger partial charge in [0, 0.05) is 16.7 Å². The SMILES string of the molecule is CCNC(CSc1ccccc1C)Cc1ccccc1C. The predicted molar refractivity (Wildman–Crippen MR) is 94.3 cm³/mol. The number of aryl methyl sites for hydroxylation is 2. The summed E-state index contributed by atoms with van der Waals surface area (Å²) in [5.41, 5.74) is 4.21. The summed E-state index contributed by atoms with van der Waals surface area (Å²) in [5.74, 6) is 1.10. The van der Waals surface area contributed by atoms with Crippen LogP contribution in [0.4, 0.5) is 0 Å². The van der Waals surface area contributed by atoms with E-state index in [1.807, 2.05) is 11.8 Å². The van der Waals surface area contributed by atoms with Crippen LogP contribution in [0, 0.1) is 13.8 Å². The van der Waals surface area contributed by atoms with Crippen LogP contribution >= 0.6 is 11.8 Å². The van der Waals surface area contributed by atoms with Crippen molar-refractivity contribution < 1.29 is 0 Å². The van der Waals surface area contributed by atoms with Gasteiger partial charge in [0.1, 0.15) is 0 Å². The molecule has 2 heteroatoms. The molecule has 0 radical (unpaired) electrons. The van der Waals surface area contributed by atoms with E-state index in [0.29, 0.717) is 6.04 Å². The fourth-order valence-electron chi connectivity index (χ4n) is 2.49. The molecule has 2 aromatic carbocycles. The van der Waals surface area contributed by atoms with E-state index in [2.05, 4.69) is 74.6 Å². The summed E-state index contributed by atoms with van der Waals surface area (Å²) in [6, 6.07) is 17.9. The molecule has 0 heterocycles. The van der Waals surface area contributed by atoms with Gasteiger partial charge in [-0.2, -0.15) is 0 Å². The standard InChI is InChI=1S/C19H25NS/c1-4-20-18(13-17-11-7-5-9-15(17)2)14-21-19-12-8-6-10-16(19)3/h5-12,18,20H,4,13-14H2,1-3H3. The van der Waals surface area contributed by atoms with Crippen molar-refractivity contribution in [1.29, 1.82) is 0 Å². The minimum absolute atomic E-state index is 0.515. The first-order valence-electron chi connectivity index (χ1n) is 7.67. The largest absolute Gasteiger partial charge is 0.313 e. The Balaban J connectivity index is 1.99. The van der Waals surface area contributed by atoms with Gasteiger partial charge in [-0.1, -0.05) is 49.4 Å². The van der Waals surface area contributed by atoms with Crippen molar-refractivity contribution in [3.05, 3.63) is 65.2 Å². The van der Waals surface area contributed by atoms with Crippen LogP contribution in [0.5, 0.6) is 0 Å². The van der Waals surface area contributed by atoms with E-state index in [-0.39, 0.29) is 0 Å². The van der Waals surface area contributed by atoms with Gasteiger partial charge in [-0.3, -0.25) is 0 Å². The van der Waals surface area contributed by atoms with Crippen molar-refractivity contribution in [2.45, 2.75) is 38.1 Å². The summed E-state index contributed by atoms with van der Waals surface area (Å²) in [4.78, 5) is 1.39. The average Bonchev–Trinajstić information content (AvgIpc) is 2.48. The van der Waals surface area contributed by atoms with Crippen LogP contribution < -0.4 is 5.32 Å². The minimum Gasteiger partial charge on any atom is -0.313 e. The number of hydrogen-bond donors (Lipinski definition) is 1. The molecule has 1 atom stereocenters. The molecule has 0 fully saturated rings. The second kappa shape index (κ2) is 8.26. The van der Waals surface area contributed by atoms with E-state index in [1.165, 1.54) is 21.6 Å². The quantitative estimate of drug-likeness (QED) is 0.749. The van der Waals surface area contributed by atoms with Gasteiger partial charge in [-0.25, -0.2) is 0 Å². The van der Waals surface area contributed by atoms with Gasteiger partial charge >= 0.3 is 0 Å². The molecular formula is C19H25NS. The van der Waals surface area contributed by atoms with E-state index in [0.717, 1.165) is 18.7 Å². The molecule has 0 saturated carbocycles. The van der Waals surface area contributed by atoms with Gasteiger partial charge in [0.2, 0.25) is 0 Å². The van der Waals surface area contributed by atoms with Gasteiger partial charge in [0.05, 0.1) is 0 Å². The third-order valence-corrected chi connectivity index (χ3v) is 5.09. The van der Waals surface area contributed by atoms with Gasteiger partial charge in [0.15, 0.2) is 0 Å². The molecule has 0 bridgehead atoms. The molecule has 0 saturated heterocycles. The second-order valence-electron chi connectivity index (χ2n) is 5.46. The molecular weight excluding hydrogens is 274 g/mol. The zero-order valence-electron chi connectivity index (χ0n) is 13.2. The Morgan fingerprint density at radius 2 is 1.62 bits per heavy atom. The van der Waals surface area contributed by atoms with E-state index >= 15 is 0 Å². The highest BCUT2D eigenvalue weighted by atomic mass is 32.2. The Morgan fingerprint density at radius 3 is 2.29 bits per heavy atom. The van der Waals surface area contributed by atoms with E-state index < -0.39 is 0 Å².